The van der Waals surface area contributed by atoms with Crippen LogP contribution >= 0.6 is 0 Å². The Balaban J connectivity index is 1.55. The van der Waals surface area contributed by atoms with E-state index >= 15 is 0 Å². The topological polar surface area (TPSA) is 32.8 Å². The molecule has 2 fully saturated rings. The van der Waals surface area contributed by atoms with Crippen molar-refractivity contribution in [2.45, 2.75) is 26.4 Å². The van der Waals surface area contributed by atoms with Gasteiger partial charge in [0, 0.05) is 44.6 Å². The van der Waals surface area contributed by atoms with Crippen LogP contribution in [0.2, 0.25) is 0 Å². The summed E-state index contributed by atoms with van der Waals surface area (Å²) in [6.07, 6.45) is 0. The average Bonchev–Trinajstić information content (AvgIpc) is 3.26. The predicted molar refractivity (Wildman–Crippen MR) is 106 cm³/mol. The second kappa shape index (κ2) is 7.75. The molecule has 6 heteroatoms. The lowest BCUT2D eigenvalue weighted by Crippen LogP contribution is -2.34. The van der Waals surface area contributed by atoms with Crippen molar-refractivity contribution in [3.63, 3.8) is 0 Å². The quantitative estimate of drug-likeness (QED) is 0.780. The van der Waals surface area contributed by atoms with E-state index in [2.05, 4.69) is 4.90 Å². The van der Waals surface area contributed by atoms with Crippen LogP contribution in [0, 0.1) is 30.4 Å². The minimum atomic E-state index is -0.763. The lowest BCUT2D eigenvalue weighted by molar-refractivity contribution is -0.130. The molecule has 0 bridgehead atoms. The summed E-state index contributed by atoms with van der Waals surface area (Å²) in [4.78, 5) is 16.4. The fourth-order valence-corrected chi connectivity index (χ4v) is 4.87. The SMILES string of the molecule is COc1ccc([C@H]2[C@@H]3CN(Cc4ccc(C)c(F)c4F)C[C@@H]3CN2C(C)=O)cc1. The van der Waals surface area contributed by atoms with Crippen molar-refractivity contribution in [1.82, 2.24) is 9.80 Å². The fraction of sp³-hybridized carbons (Fsp3) is 0.435. The maximum absolute atomic E-state index is 14.3. The molecule has 2 aromatic rings. The Hall–Kier alpha value is -2.47. The lowest BCUT2D eigenvalue weighted by Gasteiger charge is -2.29. The molecule has 0 N–H and O–H groups in total. The molecule has 0 saturated carbocycles. The Labute approximate surface area is 170 Å². The number of likely N-dealkylation sites (tertiary alicyclic amines) is 2. The zero-order valence-corrected chi connectivity index (χ0v) is 17.0. The highest BCUT2D eigenvalue weighted by molar-refractivity contribution is 5.74. The third-order valence-corrected chi connectivity index (χ3v) is 6.35. The summed E-state index contributed by atoms with van der Waals surface area (Å²) in [6.45, 7) is 5.78. The van der Waals surface area contributed by atoms with Gasteiger partial charge < -0.3 is 9.64 Å². The molecule has 154 valence electrons. The zero-order chi connectivity index (χ0) is 20.7. The van der Waals surface area contributed by atoms with E-state index in [1.54, 1.807) is 33.1 Å². The Bertz CT molecular complexity index is 916. The number of ether oxygens (including phenoxy) is 1. The van der Waals surface area contributed by atoms with Gasteiger partial charge in [-0.15, -0.1) is 0 Å². The molecule has 4 rings (SSSR count). The summed E-state index contributed by atoms with van der Waals surface area (Å²) >= 11 is 0. The van der Waals surface area contributed by atoms with Crippen molar-refractivity contribution in [3.05, 3.63) is 64.7 Å². The van der Waals surface area contributed by atoms with Gasteiger partial charge in [-0.1, -0.05) is 24.3 Å². The van der Waals surface area contributed by atoms with Crippen molar-refractivity contribution in [1.29, 1.82) is 0 Å². The van der Waals surface area contributed by atoms with Crippen LogP contribution in [-0.2, 0) is 11.3 Å². The van der Waals surface area contributed by atoms with E-state index in [-0.39, 0.29) is 17.9 Å². The van der Waals surface area contributed by atoms with Crippen LogP contribution in [0.4, 0.5) is 8.78 Å². The maximum Gasteiger partial charge on any atom is 0.219 e. The molecule has 3 atom stereocenters. The molecule has 2 saturated heterocycles. The number of amides is 1. The van der Waals surface area contributed by atoms with E-state index in [4.69, 9.17) is 4.74 Å². The number of hydrogen-bond donors (Lipinski definition) is 0. The molecule has 0 spiro atoms. The van der Waals surface area contributed by atoms with E-state index < -0.39 is 11.6 Å². The summed E-state index contributed by atoms with van der Waals surface area (Å²) in [5.74, 6) is -0.0732. The first kappa shape index (κ1) is 19.8. The molecule has 1 amide bonds. The van der Waals surface area contributed by atoms with Gasteiger partial charge in [0.1, 0.15) is 5.75 Å². The van der Waals surface area contributed by atoms with Crippen molar-refractivity contribution in [3.8, 4) is 5.75 Å². The average molecular weight is 400 g/mol. The summed E-state index contributed by atoms with van der Waals surface area (Å²) in [6, 6.07) is 11.1. The van der Waals surface area contributed by atoms with Crippen molar-refractivity contribution >= 4 is 5.91 Å². The van der Waals surface area contributed by atoms with E-state index in [9.17, 15) is 13.6 Å². The van der Waals surface area contributed by atoms with Gasteiger partial charge in [-0.2, -0.15) is 0 Å². The highest BCUT2D eigenvalue weighted by atomic mass is 19.2. The standard InChI is InChI=1S/C23H26F2N2O2/c1-14-4-5-17(22(25)21(14)24)10-26-11-18-12-27(15(2)28)23(20(18)13-26)16-6-8-19(29-3)9-7-16/h4-9,18,20,23H,10-13H2,1-3H3/t18-,20-,23+/m1/s1. The Kier molecular flexibility index (Phi) is 5.30. The van der Waals surface area contributed by atoms with Crippen LogP contribution in [0.15, 0.2) is 36.4 Å². The van der Waals surface area contributed by atoms with Crippen LogP contribution in [0.25, 0.3) is 0 Å². The van der Waals surface area contributed by atoms with Gasteiger partial charge in [0.05, 0.1) is 13.2 Å². The van der Waals surface area contributed by atoms with Crippen molar-refractivity contribution in [2.24, 2.45) is 11.8 Å². The molecular formula is C23H26F2N2O2. The van der Waals surface area contributed by atoms with Crippen LogP contribution in [0.1, 0.15) is 29.7 Å². The van der Waals surface area contributed by atoms with Gasteiger partial charge in [-0.3, -0.25) is 9.69 Å². The first-order chi connectivity index (χ1) is 13.9. The Morgan fingerprint density at radius 3 is 2.45 bits per heavy atom. The van der Waals surface area contributed by atoms with E-state index in [0.717, 1.165) is 24.4 Å². The van der Waals surface area contributed by atoms with Crippen LogP contribution < -0.4 is 4.74 Å². The van der Waals surface area contributed by atoms with Crippen LogP contribution in [-0.4, -0.2) is 42.5 Å². The van der Waals surface area contributed by atoms with Gasteiger partial charge in [0.25, 0.3) is 0 Å². The fourth-order valence-electron chi connectivity index (χ4n) is 4.87. The van der Waals surface area contributed by atoms with E-state index in [0.29, 0.717) is 30.1 Å². The third kappa shape index (κ3) is 3.62. The zero-order valence-electron chi connectivity index (χ0n) is 17.0. The number of fused-ring (bicyclic) bond motifs is 1. The summed E-state index contributed by atoms with van der Waals surface area (Å²) < 4.78 is 33.5. The Morgan fingerprint density at radius 2 is 1.79 bits per heavy atom. The largest absolute Gasteiger partial charge is 0.497 e. The number of benzene rings is 2. The summed E-state index contributed by atoms with van der Waals surface area (Å²) in [5, 5.41) is 0. The van der Waals surface area contributed by atoms with Crippen molar-refractivity contribution in [2.75, 3.05) is 26.7 Å². The van der Waals surface area contributed by atoms with Gasteiger partial charge in [0.15, 0.2) is 11.6 Å². The number of nitrogens with zero attached hydrogens (tertiary/aromatic N) is 2. The van der Waals surface area contributed by atoms with E-state index in [1.807, 2.05) is 29.2 Å². The highest BCUT2D eigenvalue weighted by Crippen LogP contribution is 2.45. The molecule has 2 aliphatic rings. The lowest BCUT2D eigenvalue weighted by atomic mass is 9.89. The molecule has 0 radical (unpaired) electrons. The summed E-state index contributed by atoms with van der Waals surface area (Å²) in [7, 11) is 1.63. The smallest absolute Gasteiger partial charge is 0.219 e. The first-order valence-corrected chi connectivity index (χ1v) is 9.96. The van der Waals surface area contributed by atoms with Gasteiger partial charge >= 0.3 is 0 Å². The van der Waals surface area contributed by atoms with Crippen molar-refractivity contribution < 1.29 is 18.3 Å². The summed E-state index contributed by atoms with van der Waals surface area (Å²) in [5.41, 5.74) is 1.79. The number of rotatable bonds is 4. The van der Waals surface area contributed by atoms with Crippen LogP contribution in [0.3, 0.4) is 0 Å². The molecule has 29 heavy (non-hydrogen) atoms. The number of methoxy groups -OCH3 is 1. The molecule has 0 unspecified atom stereocenters. The molecule has 2 aromatic carbocycles. The second-order valence-corrected chi connectivity index (χ2v) is 8.18. The Morgan fingerprint density at radius 1 is 1.07 bits per heavy atom. The minimum absolute atomic E-state index is 0.00648. The molecule has 2 heterocycles. The maximum atomic E-state index is 14.3. The number of halogens is 2. The first-order valence-electron chi connectivity index (χ1n) is 9.96. The molecule has 0 aromatic heterocycles. The van der Waals surface area contributed by atoms with E-state index in [1.165, 1.54) is 0 Å². The van der Waals surface area contributed by atoms with Crippen LogP contribution in [0.5, 0.6) is 5.75 Å². The van der Waals surface area contributed by atoms with Gasteiger partial charge in [0.2, 0.25) is 5.91 Å². The molecule has 0 aliphatic carbocycles. The number of aryl methyl sites for hydroxylation is 1. The third-order valence-electron chi connectivity index (χ3n) is 6.35. The number of carbonyl (C=O) groups excluding carboxylic acids is 1. The van der Waals surface area contributed by atoms with Gasteiger partial charge in [-0.05, 0) is 36.1 Å². The monoisotopic (exact) mass is 400 g/mol. The molecule has 2 aliphatic heterocycles. The molecule has 4 nitrogen and oxygen atoms in total. The normalized spacial score (nSPS) is 24.0. The number of hydrogen-bond acceptors (Lipinski definition) is 3. The number of carbonyl (C=O) groups is 1. The minimum Gasteiger partial charge on any atom is -0.497 e. The molecular weight excluding hydrogens is 374 g/mol. The van der Waals surface area contributed by atoms with Gasteiger partial charge in [-0.25, -0.2) is 8.78 Å². The second-order valence-electron chi connectivity index (χ2n) is 8.18. The predicted octanol–water partition coefficient (Wildman–Crippen LogP) is 3.93. The highest BCUT2D eigenvalue weighted by Gasteiger charge is 2.48.